The summed E-state index contributed by atoms with van der Waals surface area (Å²) in [5.41, 5.74) is 1.25. The van der Waals surface area contributed by atoms with Gasteiger partial charge in [-0.3, -0.25) is 0 Å². The van der Waals surface area contributed by atoms with Crippen LogP contribution in [0.5, 0.6) is 11.5 Å². The van der Waals surface area contributed by atoms with Crippen molar-refractivity contribution in [3.05, 3.63) is 58.7 Å². The molecule has 2 heterocycles. The van der Waals surface area contributed by atoms with Crippen LogP contribution in [-0.2, 0) is 22.9 Å². The van der Waals surface area contributed by atoms with Gasteiger partial charge in [0.25, 0.3) is 0 Å². The first kappa shape index (κ1) is 23.0. The van der Waals surface area contributed by atoms with Gasteiger partial charge in [0.2, 0.25) is 0 Å². The van der Waals surface area contributed by atoms with E-state index in [4.69, 9.17) is 14.2 Å². The normalized spacial score (nSPS) is 28.4. The number of nitrogens with zero attached hydrogens (tertiary/aromatic N) is 1. The number of carbonyl (C=O) groups excluding carboxylic acids is 1. The summed E-state index contributed by atoms with van der Waals surface area (Å²) in [6.07, 6.45) is -3.16. The van der Waals surface area contributed by atoms with E-state index in [1.807, 2.05) is 6.07 Å². The van der Waals surface area contributed by atoms with Gasteiger partial charge in [-0.2, -0.15) is 13.2 Å². The van der Waals surface area contributed by atoms with Crippen molar-refractivity contribution in [2.75, 3.05) is 20.7 Å². The van der Waals surface area contributed by atoms with Gasteiger partial charge in [0.15, 0.2) is 11.5 Å². The molecule has 2 aromatic carbocycles. The molecule has 4 atom stereocenters. The van der Waals surface area contributed by atoms with E-state index >= 15 is 0 Å². The van der Waals surface area contributed by atoms with Gasteiger partial charge in [0.1, 0.15) is 12.2 Å². The molecule has 1 saturated carbocycles. The maximum atomic E-state index is 13.1. The lowest BCUT2D eigenvalue weighted by Crippen LogP contribution is -2.52. The Labute approximate surface area is 196 Å². The number of ether oxygens (including phenoxy) is 3. The van der Waals surface area contributed by atoms with Crippen LogP contribution in [0.2, 0.25) is 0 Å². The van der Waals surface area contributed by atoms with Crippen molar-refractivity contribution in [2.45, 2.75) is 56.5 Å². The van der Waals surface area contributed by atoms with E-state index in [1.54, 1.807) is 7.11 Å². The van der Waals surface area contributed by atoms with E-state index in [-0.39, 0.29) is 23.0 Å². The molecule has 0 bridgehead atoms. The van der Waals surface area contributed by atoms with Crippen LogP contribution in [0.4, 0.5) is 13.2 Å². The molecule has 8 heteroatoms. The molecule has 0 N–H and O–H groups in total. The smallest absolute Gasteiger partial charge is 0.416 e. The highest BCUT2D eigenvalue weighted by atomic mass is 19.4. The highest BCUT2D eigenvalue weighted by Crippen LogP contribution is 2.59. The minimum Gasteiger partial charge on any atom is -0.493 e. The Morgan fingerprint density at radius 1 is 1.21 bits per heavy atom. The highest BCUT2D eigenvalue weighted by molar-refractivity contribution is 5.89. The molecule has 1 spiro atoms. The first-order valence-corrected chi connectivity index (χ1v) is 11.6. The number of methoxy groups -OCH3 is 1. The Morgan fingerprint density at radius 2 is 2.00 bits per heavy atom. The van der Waals surface area contributed by atoms with E-state index in [2.05, 4.69) is 24.9 Å². The second-order valence-electron chi connectivity index (χ2n) is 9.74. The van der Waals surface area contributed by atoms with Crippen LogP contribution < -0.4 is 9.47 Å². The van der Waals surface area contributed by atoms with E-state index in [1.165, 1.54) is 23.3 Å². The van der Waals surface area contributed by atoms with Crippen LogP contribution >= 0.6 is 0 Å². The van der Waals surface area contributed by atoms with Crippen LogP contribution in [0.1, 0.15) is 53.2 Å². The summed E-state index contributed by atoms with van der Waals surface area (Å²) in [6, 6.07) is 8.42. The SMILES string of the molecule is COc1ccc2c3c1OC1C[C@@H](OC(=O)c4cccc(C(F)(F)F)c4)CC(C)[C@@]31CCN(C)C2. The lowest BCUT2D eigenvalue weighted by Gasteiger charge is -2.46. The third kappa shape index (κ3) is 3.63. The fourth-order valence-electron chi connectivity index (χ4n) is 6.11. The summed E-state index contributed by atoms with van der Waals surface area (Å²) in [5, 5.41) is 0. The molecule has 0 amide bonds. The van der Waals surface area contributed by atoms with E-state index in [0.29, 0.717) is 18.6 Å². The van der Waals surface area contributed by atoms with Gasteiger partial charge in [-0.1, -0.05) is 19.1 Å². The first-order chi connectivity index (χ1) is 16.1. The number of rotatable bonds is 3. The van der Waals surface area contributed by atoms with Gasteiger partial charge in [-0.15, -0.1) is 0 Å². The number of hydrogen-bond acceptors (Lipinski definition) is 5. The lowest BCUT2D eigenvalue weighted by atomic mass is 9.59. The van der Waals surface area contributed by atoms with Crippen LogP contribution in [0, 0.1) is 5.92 Å². The Hall–Kier alpha value is -2.74. The molecule has 2 aromatic rings. The fraction of sp³-hybridized carbons (Fsp3) is 0.500. The summed E-state index contributed by atoms with van der Waals surface area (Å²) < 4.78 is 57.1. The van der Waals surface area contributed by atoms with Gasteiger partial charge in [-0.25, -0.2) is 4.79 Å². The Morgan fingerprint density at radius 3 is 2.74 bits per heavy atom. The van der Waals surface area contributed by atoms with Crippen molar-refractivity contribution in [1.82, 2.24) is 4.90 Å². The molecule has 0 radical (unpaired) electrons. The molecule has 2 unspecified atom stereocenters. The number of carbonyl (C=O) groups is 1. The molecule has 0 saturated heterocycles. The Kier molecular flexibility index (Phi) is 5.54. The zero-order valence-electron chi connectivity index (χ0n) is 19.4. The average molecular weight is 476 g/mol. The van der Waals surface area contributed by atoms with E-state index in [0.717, 1.165) is 37.4 Å². The van der Waals surface area contributed by atoms with Crippen LogP contribution in [0.25, 0.3) is 0 Å². The van der Waals surface area contributed by atoms with Crippen LogP contribution in [0.3, 0.4) is 0 Å². The number of esters is 1. The summed E-state index contributed by atoms with van der Waals surface area (Å²) in [6.45, 7) is 3.89. The standard InChI is InChI=1S/C26H28F3NO4/c1-15-11-19(33-24(31)16-5-4-6-18(12-16)26(27,28)29)13-21-25(15)9-10-30(2)14-17-7-8-20(32-3)23(34-21)22(17)25/h4-8,12,15,19,21H,9-11,13-14H2,1-3H3/t15?,19-,21?,25+/m0/s1. The van der Waals surface area contributed by atoms with Crippen molar-refractivity contribution < 1.29 is 32.2 Å². The molecule has 1 aliphatic carbocycles. The number of benzene rings is 2. The Bertz CT molecular complexity index is 1120. The molecule has 5 rings (SSSR count). The lowest BCUT2D eigenvalue weighted by molar-refractivity contribution is -0.137. The van der Waals surface area contributed by atoms with Crippen molar-refractivity contribution in [1.29, 1.82) is 0 Å². The van der Waals surface area contributed by atoms with Crippen LogP contribution in [0.15, 0.2) is 36.4 Å². The predicted octanol–water partition coefficient (Wildman–Crippen LogP) is 5.20. The maximum Gasteiger partial charge on any atom is 0.416 e. The first-order valence-electron chi connectivity index (χ1n) is 11.6. The maximum absolute atomic E-state index is 13.1. The van der Waals surface area contributed by atoms with Crippen molar-refractivity contribution in [2.24, 2.45) is 5.92 Å². The third-order valence-corrected chi connectivity index (χ3v) is 7.75. The highest BCUT2D eigenvalue weighted by Gasteiger charge is 2.58. The summed E-state index contributed by atoms with van der Waals surface area (Å²) in [4.78, 5) is 15.1. The zero-order chi connectivity index (χ0) is 24.3. The molecule has 2 aliphatic heterocycles. The largest absolute Gasteiger partial charge is 0.493 e. The second kappa shape index (κ2) is 8.18. The monoisotopic (exact) mass is 475 g/mol. The quantitative estimate of drug-likeness (QED) is 0.571. The number of hydrogen-bond donors (Lipinski definition) is 0. The summed E-state index contributed by atoms with van der Waals surface area (Å²) >= 11 is 0. The van der Waals surface area contributed by atoms with Gasteiger partial charge in [0, 0.05) is 23.9 Å². The number of halogens is 3. The van der Waals surface area contributed by atoms with Crippen molar-refractivity contribution in [3.8, 4) is 11.5 Å². The van der Waals surface area contributed by atoms with Crippen molar-refractivity contribution in [3.63, 3.8) is 0 Å². The summed E-state index contributed by atoms with van der Waals surface area (Å²) in [7, 11) is 3.74. The minimum atomic E-state index is -4.52. The molecule has 1 fully saturated rings. The molecular formula is C26H28F3NO4. The molecule has 3 aliphatic rings. The van der Waals surface area contributed by atoms with Gasteiger partial charge in [0.05, 0.1) is 18.2 Å². The predicted molar refractivity (Wildman–Crippen MR) is 119 cm³/mol. The van der Waals surface area contributed by atoms with Crippen molar-refractivity contribution >= 4 is 5.97 Å². The fourth-order valence-corrected chi connectivity index (χ4v) is 6.11. The average Bonchev–Trinajstić information content (AvgIpc) is 3.05. The van der Waals surface area contributed by atoms with Gasteiger partial charge < -0.3 is 19.1 Å². The number of alkyl halides is 3. The van der Waals surface area contributed by atoms with E-state index in [9.17, 15) is 18.0 Å². The van der Waals surface area contributed by atoms with Crippen LogP contribution in [-0.4, -0.2) is 43.8 Å². The summed E-state index contributed by atoms with van der Waals surface area (Å²) in [5.74, 6) is 0.872. The molecule has 182 valence electrons. The molecule has 34 heavy (non-hydrogen) atoms. The van der Waals surface area contributed by atoms with Gasteiger partial charge in [-0.05, 0) is 62.2 Å². The molecular weight excluding hydrogens is 447 g/mol. The topological polar surface area (TPSA) is 48.0 Å². The van der Waals surface area contributed by atoms with Gasteiger partial charge >= 0.3 is 12.1 Å². The molecule has 0 aromatic heterocycles. The molecule has 5 nitrogen and oxygen atoms in total. The minimum absolute atomic E-state index is 0.0987. The van der Waals surface area contributed by atoms with E-state index < -0.39 is 23.8 Å². The zero-order valence-corrected chi connectivity index (χ0v) is 19.4. The third-order valence-electron chi connectivity index (χ3n) is 7.75. The Balaban J connectivity index is 1.42. The second-order valence-corrected chi connectivity index (χ2v) is 9.74.